The van der Waals surface area contributed by atoms with Gasteiger partial charge in [-0.15, -0.1) is 24.0 Å². The Labute approximate surface area is 182 Å². The van der Waals surface area contributed by atoms with Gasteiger partial charge in [-0.05, 0) is 12.0 Å². The summed E-state index contributed by atoms with van der Waals surface area (Å²) in [7, 11) is 1.89. The van der Waals surface area contributed by atoms with Crippen LogP contribution in [-0.2, 0) is 11.3 Å². The van der Waals surface area contributed by atoms with Gasteiger partial charge in [0, 0.05) is 50.8 Å². The quantitative estimate of drug-likeness (QED) is 0.624. The zero-order chi connectivity index (χ0) is 18.6. The van der Waals surface area contributed by atoms with Crippen molar-refractivity contribution in [1.82, 2.24) is 25.3 Å². The van der Waals surface area contributed by atoms with E-state index in [9.17, 15) is 4.79 Å². The minimum absolute atomic E-state index is 0. The molecule has 1 aromatic carbocycles. The van der Waals surface area contributed by atoms with E-state index in [-0.39, 0.29) is 41.8 Å². The maximum atomic E-state index is 12.3. The molecule has 1 saturated heterocycles. The Morgan fingerprint density at radius 2 is 2.11 bits per heavy atom. The molecule has 0 aliphatic carbocycles. The summed E-state index contributed by atoms with van der Waals surface area (Å²) < 4.78 is 1.94. The molecule has 2 aliphatic rings. The van der Waals surface area contributed by atoms with Crippen LogP contribution >= 0.6 is 24.0 Å². The molecule has 0 unspecified atom stereocenters. The molecule has 1 amide bonds. The largest absolute Gasteiger partial charge is 0.356 e. The van der Waals surface area contributed by atoms with Crippen LogP contribution in [0.15, 0.2) is 47.7 Å². The van der Waals surface area contributed by atoms with E-state index in [0.29, 0.717) is 6.42 Å². The van der Waals surface area contributed by atoms with Crippen molar-refractivity contribution >= 4 is 35.8 Å². The third-order valence-corrected chi connectivity index (χ3v) is 5.31. The van der Waals surface area contributed by atoms with Crippen LogP contribution < -0.4 is 10.6 Å². The number of aromatic nitrogens is 2. The van der Waals surface area contributed by atoms with Crippen molar-refractivity contribution in [3.8, 4) is 0 Å². The third-order valence-electron chi connectivity index (χ3n) is 5.31. The van der Waals surface area contributed by atoms with E-state index in [4.69, 9.17) is 0 Å². The van der Waals surface area contributed by atoms with E-state index in [1.807, 2.05) is 41.0 Å². The fraction of sp³-hybridized carbons (Fsp3) is 0.450. The van der Waals surface area contributed by atoms with Crippen molar-refractivity contribution in [2.24, 2.45) is 10.9 Å². The van der Waals surface area contributed by atoms with Gasteiger partial charge >= 0.3 is 0 Å². The molecule has 0 spiro atoms. The second kappa shape index (κ2) is 9.40. The molecule has 2 aliphatic heterocycles. The molecule has 28 heavy (non-hydrogen) atoms. The molecular weight excluding hydrogens is 467 g/mol. The summed E-state index contributed by atoms with van der Waals surface area (Å²) in [5, 5.41) is 11.2. The molecule has 3 heterocycles. The fourth-order valence-electron chi connectivity index (χ4n) is 3.90. The van der Waals surface area contributed by atoms with Gasteiger partial charge in [0.15, 0.2) is 5.96 Å². The zero-order valence-corrected chi connectivity index (χ0v) is 18.4. The van der Waals surface area contributed by atoms with Crippen molar-refractivity contribution in [2.45, 2.75) is 25.4 Å². The maximum Gasteiger partial charge on any atom is 0.223 e. The highest BCUT2D eigenvalue weighted by molar-refractivity contribution is 14.0. The number of nitrogens with one attached hydrogen (secondary N) is 2. The van der Waals surface area contributed by atoms with Crippen LogP contribution in [-0.4, -0.2) is 53.2 Å². The average Bonchev–Trinajstić information content (AvgIpc) is 3.26. The number of rotatable bonds is 5. The van der Waals surface area contributed by atoms with Gasteiger partial charge in [0.1, 0.15) is 0 Å². The van der Waals surface area contributed by atoms with Crippen LogP contribution in [0.25, 0.3) is 0 Å². The molecule has 2 aromatic rings. The minimum atomic E-state index is 0. The number of halogens is 1. The average molecular weight is 494 g/mol. The molecule has 150 valence electrons. The first-order valence-electron chi connectivity index (χ1n) is 9.55. The topological polar surface area (TPSA) is 74.6 Å². The van der Waals surface area contributed by atoms with E-state index in [1.165, 1.54) is 5.56 Å². The smallest absolute Gasteiger partial charge is 0.223 e. The SMILES string of the molecule is CN1C(=O)C[C@@H](CNC2=NCCCN2)[C@@H]1c1cnn(Cc2ccccc2)c1.I. The summed E-state index contributed by atoms with van der Waals surface area (Å²) in [4.78, 5) is 18.7. The van der Waals surface area contributed by atoms with Crippen molar-refractivity contribution in [3.05, 3.63) is 53.9 Å². The molecule has 2 N–H and O–H groups in total. The second-order valence-electron chi connectivity index (χ2n) is 7.26. The van der Waals surface area contributed by atoms with E-state index in [1.54, 1.807) is 0 Å². The Bertz CT molecular complexity index is 821. The summed E-state index contributed by atoms with van der Waals surface area (Å²) in [5.74, 6) is 1.23. The molecule has 7 nitrogen and oxygen atoms in total. The van der Waals surface area contributed by atoms with Gasteiger partial charge in [0.25, 0.3) is 0 Å². The zero-order valence-electron chi connectivity index (χ0n) is 16.0. The number of carbonyl (C=O) groups excluding carboxylic acids is 1. The second-order valence-corrected chi connectivity index (χ2v) is 7.26. The fourth-order valence-corrected chi connectivity index (χ4v) is 3.90. The van der Waals surface area contributed by atoms with Gasteiger partial charge in [0.2, 0.25) is 5.91 Å². The van der Waals surface area contributed by atoms with Gasteiger partial charge in [-0.2, -0.15) is 5.10 Å². The lowest BCUT2D eigenvalue weighted by molar-refractivity contribution is -0.127. The summed E-state index contributed by atoms with van der Waals surface area (Å²) in [5.41, 5.74) is 2.30. The van der Waals surface area contributed by atoms with Gasteiger partial charge in [-0.25, -0.2) is 0 Å². The number of amides is 1. The number of aliphatic imine (C=N–C) groups is 1. The number of benzene rings is 1. The molecule has 0 radical (unpaired) electrons. The van der Waals surface area contributed by atoms with Crippen LogP contribution in [0.1, 0.15) is 30.0 Å². The van der Waals surface area contributed by atoms with Gasteiger partial charge in [-0.1, -0.05) is 30.3 Å². The number of hydrogen-bond donors (Lipinski definition) is 2. The molecule has 1 aromatic heterocycles. The Kier molecular flexibility index (Phi) is 6.93. The van der Waals surface area contributed by atoms with Crippen molar-refractivity contribution in [1.29, 1.82) is 0 Å². The van der Waals surface area contributed by atoms with Gasteiger partial charge < -0.3 is 15.5 Å². The molecule has 2 atom stereocenters. The van der Waals surface area contributed by atoms with Crippen molar-refractivity contribution < 1.29 is 4.79 Å². The first-order valence-corrected chi connectivity index (χ1v) is 9.55. The number of carbonyl (C=O) groups is 1. The highest BCUT2D eigenvalue weighted by atomic mass is 127. The number of nitrogens with zero attached hydrogens (tertiary/aromatic N) is 4. The highest BCUT2D eigenvalue weighted by Gasteiger charge is 2.39. The Morgan fingerprint density at radius 3 is 2.86 bits per heavy atom. The molecular formula is C20H27IN6O. The first-order chi connectivity index (χ1) is 13.2. The molecule has 0 bridgehead atoms. The Morgan fingerprint density at radius 1 is 1.29 bits per heavy atom. The summed E-state index contributed by atoms with van der Waals surface area (Å²) in [6, 6.07) is 10.3. The van der Waals surface area contributed by atoms with Gasteiger partial charge in [0.05, 0.1) is 18.8 Å². The Balaban J connectivity index is 0.00000225. The van der Waals surface area contributed by atoms with Crippen LogP contribution in [0, 0.1) is 5.92 Å². The lowest BCUT2D eigenvalue weighted by Crippen LogP contribution is -2.43. The van der Waals surface area contributed by atoms with Crippen LogP contribution in [0.5, 0.6) is 0 Å². The number of likely N-dealkylation sites (tertiary alicyclic amines) is 1. The number of hydrogen-bond acceptors (Lipinski definition) is 5. The van der Waals surface area contributed by atoms with Crippen molar-refractivity contribution in [2.75, 3.05) is 26.7 Å². The van der Waals surface area contributed by atoms with Crippen LogP contribution in [0.2, 0.25) is 0 Å². The maximum absolute atomic E-state index is 12.3. The molecule has 4 rings (SSSR count). The molecule has 0 saturated carbocycles. The van der Waals surface area contributed by atoms with Crippen molar-refractivity contribution in [3.63, 3.8) is 0 Å². The van der Waals surface area contributed by atoms with Crippen LogP contribution in [0.4, 0.5) is 0 Å². The molecule has 8 heteroatoms. The Hall–Kier alpha value is -2.10. The monoisotopic (exact) mass is 494 g/mol. The lowest BCUT2D eigenvalue weighted by atomic mass is 9.96. The van der Waals surface area contributed by atoms with Crippen LogP contribution in [0.3, 0.4) is 0 Å². The van der Waals surface area contributed by atoms with Gasteiger partial charge in [-0.3, -0.25) is 14.5 Å². The lowest BCUT2D eigenvalue weighted by Gasteiger charge is -2.25. The summed E-state index contributed by atoms with van der Waals surface area (Å²) in [6.45, 7) is 3.25. The first kappa shape index (κ1) is 20.6. The number of guanidine groups is 1. The van der Waals surface area contributed by atoms with E-state index >= 15 is 0 Å². The van der Waals surface area contributed by atoms with E-state index < -0.39 is 0 Å². The normalized spacial score (nSPS) is 21.7. The summed E-state index contributed by atoms with van der Waals surface area (Å²) in [6.07, 6.45) is 5.58. The summed E-state index contributed by atoms with van der Waals surface area (Å²) >= 11 is 0. The predicted octanol–water partition coefficient (Wildman–Crippen LogP) is 2.01. The minimum Gasteiger partial charge on any atom is -0.356 e. The predicted molar refractivity (Wildman–Crippen MR) is 120 cm³/mol. The third kappa shape index (κ3) is 4.65. The standard InChI is InChI=1S/C20H26N6O.HI/c1-25-18(27)10-16(11-23-20-21-8-5-9-22-20)19(25)17-12-24-26(14-17)13-15-6-3-2-4-7-15;/h2-4,6-7,12,14,16,19H,5,8-11,13H2,1H3,(H2,21,22,23);1H/t16-,19+;/m0./s1. The van der Waals surface area contributed by atoms with E-state index in [0.717, 1.165) is 44.1 Å². The van der Waals surface area contributed by atoms with E-state index in [2.05, 4.69) is 39.1 Å². The molecule has 1 fully saturated rings. The highest BCUT2D eigenvalue weighted by Crippen LogP contribution is 2.36.